The van der Waals surface area contributed by atoms with E-state index in [0.717, 1.165) is 83.3 Å². The minimum Gasteiger partial charge on any atom is -0.345 e. The van der Waals surface area contributed by atoms with Gasteiger partial charge in [-0.15, -0.1) is 11.3 Å². The van der Waals surface area contributed by atoms with E-state index in [-0.39, 0.29) is 11.8 Å². The van der Waals surface area contributed by atoms with Gasteiger partial charge in [0.2, 0.25) is 11.8 Å². The van der Waals surface area contributed by atoms with E-state index in [2.05, 4.69) is 28.5 Å². The Hall–Kier alpha value is -1.67. The molecule has 3 heterocycles. The van der Waals surface area contributed by atoms with Crippen molar-refractivity contribution in [3.8, 4) is 0 Å². The average Bonchev–Trinajstić information content (AvgIpc) is 3.17. The Kier molecular flexibility index (Phi) is 6.63. The Bertz CT molecular complexity index is 764. The second kappa shape index (κ2) is 9.22. The molecule has 0 spiro atoms. The topological polar surface area (TPSA) is 60.0 Å². The third-order valence-corrected chi connectivity index (χ3v) is 7.76. The maximum absolute atomic E-state index is 13.1. The summed E-state index contributed by atoms with van der Waals surface area (Å²) in [5, 5.41) is 1.07. The molecule has 0 radical (unpaired) electrons. The fourth-order valence-corrected chi connectivity index (χ4v) is 6.08. The SMILES string of the molecule is CC(=O)N1CCN(c2nc3c(s2)C[C@@H](C(=O)N2CCN(CC(C)C)CC2)CC3)CC1. The maximum atomic E-state index is 13.1. The quantitative estimate of drug-likeness (QED) is 0.724. The van der Waals surface area contributed by atoms with Crippen molar-refractivity contribution >= 4 is 28.3 Å². The van der Waals surface area contributed by atoms with Gasteiger partial charge >= 0.3 is 0 Å². The highest BCUT2D eigenvalue weighted by atomic mass is 32.1. The summed E-state index contributed by atoms with van der Waals surface area (Å²) < 4.78 is 0. The lowest BCUT2D eigenvalue weighted by atomic mass is 9.90. The molecule has 2 fully saturated rings. The zero-order valence-electron chi connectivity index (χ0n) is 18.6. The minimum absolute atomic E-state index is 0.108. The molecule has 1 atom stereocenters. The van der Waals surface area contributed by atoms with Crippen molar-refractivity contribution in [2.75, 3.05) is 63.8 Å². The zero-order chi connectivity index (χ0) is 21.3. The molecule has 0 N–H and O–H groups in total. The molecular weight excluding hydrogens is 398 g/mol. The van der Waals surface area contributed by atoms with Crippen molar-refractivity contribution in [1.29, 1.82) is 0 Å². The first-order valence-electron chi connectivity index (χ1n) is 11.4. The van der Waals surface area contributed by atoms with Crippen LogP contribution in [0.1, 0.15) is 37.8 Å². The van der Waals surface area contributed by atoms with Gasteiger partial charge in [-0.2, -0.15) is 0 Å². The van der Waals surface area contributed by atoms with Gasteiger partial charge in [0.15, 0.2) is 5.13 Å². The van der Waals surface area contributed by atoms with Gasteiger partial charge in [-0.25, -0.2) is 4.98 Å². The van der Waals surface area contributed by atoms with Gasteiger partial charge in [0.25, 0.3) is 0 Å². The van der Waals surface area contributed by atoms with Crippen molar-refractivity contribution in [1.82, 2.24) is 19.7 Å². The van der Waals surface area contributed by atoms with Crippen LogP contribution in [-0.4, -0.2) is 90.4 Å². The van der Waals surface area contributed by atoms with E-state index in [9.17, 15) is 9.59 Å². The first-order chi connectivity index (χ1) is 14.4. The molecule has 7 nitrogen and oxygen atoms in total. The summed E-state index contributed by atoms with van der Waals surface area (Å²) in [6.07, 6.45) is 2.66. The van der Waals surface area contributed by atoms with Crippen molar-refractivity contribution in [3.05, 3.63) is 10.6 Å². The Morgan fingerprint density at radius 2 is 1.70 bits per heavy atom. The molecule has 1 aliphatic carbocycles. The van der Waals surface area contributed by atoms with Crippen molar-refractivity contribution < 1.29 is 9.59 Å². The maximum Gasteiger partial charge on any atom is 0.226 e. The predicted octanol–water partition coefficient (Wildman–Crippen LogP) is 1.72. The number of carbonyl (C=O) groups excluding carboxylic acids is 2. The lowest BCUT2D eigenvalue weighted by Crippen LogP contribution is -2.51. The standard InChI is InChI=1S/C22H35N5O2S/c1-16(2)15-24-6-8-26(9-7-24)21(29)18-4-5-19-20(14-18)30-22(23-19)27-12-10-25(11-13-27)17(3)28/h16,18H,4-15H2,1-3H3/t18-/m0/s1. The summed E-state index contributed by atoms with van der Waals surface area (Å²) in [7, 11) is 0. The fraction of sp³-hybridized carbons (Fsp3) is 0.773. The third-order valence-electron chi connectivity index (χ3n) is 6.58. The average molecular weight is 434 g/mol. The summed E-state index contributed by atoms with van der Waals surface area (Å²) in [5.41, 5.74) is 1.19. The number of thiazole rings is 1. The molecule has 2 amide bonds. The Morgan fingerprint density at radius 1 is 1.03 bits per heavy atom. The van der Waals surface area contributed by atoms with Crippen LogP contribution in [0.25, 0.3) is 0 Å². The lowest BCUT2D eigenvalue weighted by molar-refractivity contribution is -0.137. The van der Waals surface area contributed by atoms with Crippen LogP contribution in [0.3, 0.4) is 0 Å². The Morgan fingerprint density at radius 3 is 2.33 bits per heavy atom. The van der Waals surface area contributed by atoms with Gasteiger partial charge in [0.1, 0.15) is 0 Å². The van der Waals surface area contributed by atoms with Crippen molar-refractivity contribution in [2.24, 2.45) is 11.8 Å². The highest BCUT2D eigenvalue weighted by Crippen LogP contribution is 2.35. The molecule has 166 valence electrons. The monoisotopic (exact) mass is 433 g/mol. The van der Waals surface area contributed by atoms with Crippen LogP contribution in [0, 0.1) is 11.8 Å². The van der Waals surface area contributed by atoms with E-state index in [1.165, 1.54) is 10.6 Å². The highest BCUT2D eigenvalue weighted by Gasteiger charge is 2.33. The van der Waals surface area contributed by atoms with Gasteiger partial charge < -0.3 is 14.7 Å². The first kappa shape index (κ1) is 21.6. The number of hydrogen-bond acceptors (Lipinski definition) is 6. The first-order valence-corrected chi connectivity index (χ1v) is 12.2. The van der Waals surface area contributed by atoms with Crippen molar-refractivity contribution in [3.63, 3.8) is 0 Å². The number of fused-ring (bicyclic) bond motifs is 1. The smallest absolute Gasteiger partial charge is 0.226 e. The second-order valence-corrected chi connectivity index (χ2v) is 10.4. The number of anilines is 1. The zero-order valence-corrected chi connectivity index (χ0v) is 19.4. The summed E-state index contributed by atoms with van der Waals surface area (Å²) in [5.74, 6) is 1.28. The van der Waals surface area contributed by atoms with Gasteiger partial charge in [-0.1, -0.05) is 13.8 Å². The number of rotatable bonds is 4. The summed E-state index contributed by atoms with van der Waals surface area (Å²) >= 11 is 1.76. The highest BCUT2D eigenvalue weighted by molar-refractivity contribution is 7.15. The summed E-state index contributed by atoms with van der Waals surface area (Å²) in [6.45, 7) is 14.2. The summed E-state index contributed by atoms with van der Waals surface area (Å²) in [6, 6.07) is 0. The molecule has 4 rings (SSSR count). The molecule has 1 aromatic rings. The second-order valence-electron chi connectivity index (χ2n) is 9.32. The van der Waals surface area contributed by atoms with Crippen molar-refractivity contribution in [2.45, 2.75) is 40.0 Å². The number of piperazine rings is 2. The molecule has 2 saturated heterocycles. The van der Waals surface area contributed by atoms with Crippen LogP contribution in [0.2, 0.25) is 0 Å². The van der Waals surface area contributed by atoms with E-state index < -0.39 is 0 Å². The lowest BCUT2D eigenvalue weighted by Gasteiger charge is -2.37. The molecule has 1 aromatic heterocycles. The Labute approximate surface area is 184 Å². The number of carbonyl (C=O) groups is 2. The number of amides is 2. The molecule has 0 bridgehead atoms. The Balaban J connectivity index is 1.32. The van der Waals surface area contributed by atoms with Gasteiger partial charge in [0.05, 0.1) is 5.69 Å². The van der Waals surface area contributed by atoms with Gasteiger partial charge in [-0.3, -0.25) is 14.5 Å². The van der Waals surface area contributed by atoms with Crippen LogP contribution >= 0.6 is 11.3 Å². The largest absolute Gasteiger partial charge is 0.345 e. The van der Waals surface area contributed by atoms with Crippen LogP contribution in [0.5, 0.6) is 0 Å². The number of aromatic nitrogens is 1. The van der Waals surface area contributed by atoms with E-state index in [1.54, 1.807) is 18.3 Å². The van der Waals surface area contributed by atoms with E-state index in [4.69, 9.17) is 4.98 Å². The number of hydrogen-bond donors (Lipinski definition) is 0. The minimum atomic E-state index is 0.108. The number of nitrogens with zero attached hydrogens (tertiary/aromatic N) is 5. The molecule has 0 saturated carbocycles. The van der Waals surface area contributed by atoms with E-state index in [0.29, 0.717) is 11.8 Å². The number of aryl methyl sites for hydroxylation is 1. The molecule has 8 heteroatoms. The van der Waals surface area contributed by atoms with E-state index >= 15 is 0 Å². The van der Waals surface area contributed by atoms with Crippen LogP contribution in [0.4, 0.5) is 5.13 Å². The third kappa shape index (κ3) is 4.80. The molecule has 0 aromatic carbocycles. The normalized spacial score (nSPS) is 23.1. The molecule has 0 unspecified atom stereocenters. The van der Waals surface area contributed by atoms with Crippen LogP contribution in [-0.2, 0) is 22.4 Å². The molecule has 30 heavy (non-hydrogen) atoms. The van der Waals surface area contributed by atoms with Crippen LogP contribution < -0.4 is 4.90 Å². The van der Waals surface area contributed by atoms with E-state index in [1.807, 2.05) is 4.90 Å². The fourth-order valence-electron chi connectivity index (χ4n) is 4.85. The molecule has 2 aliphatic heterocycles. The predicted molar refractivity (Wildman–Crippen MR) is 120 cm³/mol. The molecule has 3 aliphatic rings. The van der Waals surface area contributed by atoms with Crippen LogP contribution in [0.15, 0.2) is 0 Å². The molecular formula is C22H35N5O2S. The summed E-state index contributed by atoms with van der Waals surface area (Å²) in [4.78, 5) is 39.7. The van der Waals surface area contributed by atoms with Gasteiger partial charge in [0, 0.05) is 76.6 Å². The van der Waals surface area contributed by atoms with Gasteiger partial charge in [-0.05, 0) is 25.2 Å².